The molecule has 2 aromatic rings. The Kier molecular flexibility index (Phi) is 6.46. The summed E-state index contributed by atoms with van der Waals surface area (Å²) >= 11 is 1.71. The highest BCUT2D eigenvalue weighted by Crippen LogP contribution is 2.22. The topological polar surface area (TPSA) is 60.5 Å². The molecule has 0 saturated carbocycles. The van der Waals surface area contributed by atoms with Crippen LogP contribution in [0, 0.1) is 0 Å². The molecule has 26 heavy (non-hydrogen) atoms. The zero-order valence-electron chi connectivity index (χ0n) is 15.4. The molecule has 0 bridgehead atoms. The van der Waals surface area contributed by atoms with E-state index in [1.54, 1.807) is 11.3 Å². The first-order chi connectivity index (χ1) is 12.6. The van der Waals surface area contributed by atoms with Gasteiger partial charge in [-0.2, -0.15) is 0 Å². The molecular formula is C19H27N5OS. The fraction of sp³-hybridized carbons (Fsp3) is 0.474. The van der Waals surface area contributed by atoms with Crippen molar-refractivity contribution in [2.75, 3.05) is 38.6 Å². The van der Waals surface area contributed by atoms with Gasteiger partial charge in [0.1, 0.15) is 5.82 Å². The molecule has 0 aromatic carbocycles. The molecule has 2 N–H and O–H groups in total. The minimum atomic E-state index is -0.145. The van der Waals surface area contributed by atoms with Crippen molar-refractivity contribution in [3.05, 3.63) is 46.3 Å². The first kappa shape index (κ1) is 18.7. The summed E-state index contributed by atoms with van der Waals surface area (Å²) in [6.45, 7) is 3.22. The van der Waals surface area contributed by atoms with Gasteiger partial charge in [-0.15, -0.1) is 11.3 Å². The Morgan fingerprint density at radius 1 is 1.31 bits per heavy atom. The van der Waals surface area contributed by atoms with Crippen LogP contribution < -0.4 is 15.5 Å². The third-order valence-corrected chi connectivity index (χ3v) is 5.62. The summed E-state index contributed by atoms with van der Waals surface area (Å²) in [5.74, 6) is 1.01. The second-order valence-corrected chi connectivity index (χ2v) is 7.75. The fourth-order valence-electron chi connectivity index (χ4n) is 3.14. The Labute approximate surface area is 159 Å². The molecule has 1 atom stereocenters. The number of urea groups is 1. The summed E-state index contributed by atoms with van der Waals surface area (Å²) in [6, 6.07) is 8.20. The number of pyridine rings is 1. The van der Waals surface area contributed by atoms with Crippen molar-refractivity contribution in [3.8, 4) is 0 Å². The number of amides is 2. The lowest BCUT2D eigenvalue weighted by atomic mass is 10.2. The lowest BCUT2D eigenvalue weighted by molar-refractivity contribution is 0.233. The normalized spacial score (nSPS) is 15.3. The highest BCUT2D eigenvalue weighted by molar-refractivity contribution is 7.10. The minimum Gasteiger partial charge on any atom is -0.357 e. The van der Waals surface area contributed by atoms with Crippen LogP contribution >= 0.6 is 11.3 Å². The first-order valence-electron chi connectivity index (χ1n) is 9.05. The van der Waals surface area contributed by atoms with Crippen molar-refractivity contribution < 1.29 is 4.79 Å². The molecule has 140 valence electrons. The number of likely N-dealkylation sites (N-methyl/N-ethyl adjacent to an activating group) is 1. The predicted octanol–water partition coefficient (Wildman–Crippen LogP) is 2.85. The number of aromatic nitrogens is 1. The van der Waals surface area contributed by atoms with Gasteiger partial charge in [-0.1, -0.05) is 6.07 Å². The third-order valence-electron chi connectivity index (χ3n) is 4.64. The molecule has 1 fully saturated rings. The molecule has 2 amide bonds. The van der Waals surface area contributed by atoms with E-state index in [1.165, 1.54) is 17.7 Å². The third kappa shape index (κ3) is 4.95. The number of thiophene rings is 1. The van der Waals surface area contributed by atoms with Crippen molar-refractivity contribution in [2.24, 2.45) is 0 Å². The highest BCUT2D eigenvalue weighted by atomic mass is 32.1. The van der Waals surface area contributed by atoms with Crippen LogP contribution in [0.4, 0.5) is 10.6 Å². The quantitative estimate of drug-likeness (QED) is 0.783. The number of rotatable bonds is 7. The van der Waals surface area contributed by atoms with Crippen LogP contribution in [0.3, 0.4) is 0 Å². The Morgan fingerprint density at radius 2 is 2.12 bits per heavy atom. The molecule has 3 rings (SSSR count). The Hall–Kier alpha value is -2.12. The largest absolute Gasteiger partial charge is 0.357 e. The van der Waals surface area contributed by atoms with Gasteiger partial charge in [-0.25, -0.2) is 9.78 Å². The Bertz CT molecular complexity index is 698. The SMILES string of the molecule is CN(C)C(CNC(=O)NCc1ccnc(N2CCCC2)c1)c1cccs1. The molecule has 1 saturated heterocycles. The summed E-state index contributed by atoms with van der Waals surface area (Å²) in [5, 5.41) is 7.99. The average molecular weight is 374 g/mol. The second kappa shape index (κ2) is 9.00. The van der Waals surface area contributed by atoms with Crippen LogP contribution in [-0.4, -0.2) is 49.6 Å². The van der Waals surface area contributed by atoms with Gasteiger partial charge in [-0.05, 0) is 56.1 Å². The molecule has 1 aliphatic rings. The van der Waals surface area contributed by atoms with E-state index < -0.39 is 0 Å². The second-order valence-electron chi connectivity index (χ2n) is 6.77. The van der Waals surface area contributed by atoms with Crippen molar-refractivity contribution in [1.29, 1.82) is 0 Å². The molecule has 1 unspecified atom stereocenters. The van der Waals surface area contributed by atoms with Crippen molar-refractivity contribution in [3.63, 3.8) is 0 Å². The van der Waals surface area contributed by atoms with E-state index in [-0.39, 0.29) is 12.1 Å². The molecule has 1 aliphatic heterocycles. The lowest BCUT2D eigenvalue weighted by Gasteiger charge is -2.23. The smallest absolute Gasteiger partial charge is 0.315 e. The predicted molar refractivity (Wildman–Crippen MR) is 107 cm³/mol. The number of anilines is 1. The number of nitrogens with zero attached hydrogens (tertiary/aromatic N) is 3. The standard InChI is InChI=1S/C19H27N5OS/c1-23(2)16(17-6-5-11-26-17)14-22-19(25)21-13-15-7-8-20-18(12-15)24-9-3-4-10-24/h5-8,11-12,16H,3-4,9-10,13-14H2,1-2H3,(H2,21,22,25). The lowest BCUT2D eigenvalue weighted by Crippen LogP contribution is -2.40. The number of carbonyl (C=O) groups excluding carboxylic acids is 1. The van der Waals surface area contributed by atoms with Gasteiger partial charge in [0.2, 0.25) is 0 Å². The van der Waals surface area contributed by atoms with Crippen molar-refractivity contribution >= 4 is 23.2 Å². The number of carbonyl (C=O) groups is 1. The summed E-state index contributed by atoms with van der Waals surface area (Å²) in [4.78, 5) is 22.3. The minimum absolute atomic E-state index is 0.145. The molecule has 0 aliphatic carbocycles. The molecule has 6 nitrogen and oxygen atoms in total. The molecule has 0 radical (unpaired) electrons. The van der Waals surface area contributed by atoms with E-state index >= 15 is 0 Å². The maximum Gasteiger partial charge on any atom is 0.315 e. The monoisotopic (exact) mass is 373 g/mol. The number of nitrogens with one attached hydrogen (secondary N) is 2. The van der Waals surface area contributed by atoms with E-state index in [9.17, 15) is 4.79 Å². The van der Waals surface area contributed by atoms with E-state index in [0.29, 0.717) is 13.1 Å². The van der Waals surface area contributed by atoms with Gasteiger partial charge < -0.3 is 20.4 Å². The number of hydrogen-bond donors (Lipinski definition) is 2. The van der Waals surface area contributed by atoms with Gasteiger partial charge in [0, 0.05) is 37.3 Å². The van der Waals surface area contributed by atoms with E-state index in [0.717, 1.165) is 24.5 Å². The van der Waals surface area contributed by atoms with Gasteiger partial charge in [0.25, 0.3) is 0 Å². The summed E-state index contributed by atoms with van der Waals surface area (Å²) in [7, 11) is 4.06. The van der Waals surface area contributed by atoms with Gasteiger partial charge >= 0.3 is 6.03 Å². The summed E-state index contributed by atoms with van der Waals surface area (Å²) < 4.78 is 0. The zero-order valence-corrected chi connectivity index (χ0v) is 16.3. The molecule has 3 heterocycles. The summed E-state index contributed by atoms with van der Waals surface area (Å²) in [6.07, 6.45) is 4.27. The molecule has 2 aromatic heterocycles. The number of hydrogen-bond acceptors (Lipinski definition) is 5. The van der Waals surface area contributed by atoms with E-state index in [4.69, 9.17) is 0 Å². The van der Waals surface area contributed by atoms with Crippen molar-refractivity contribution in [1.82, 2.24) is 20.5 Å². The maximum atomic E-state index is 12.2. The van der Waals surface area contributed by atoms with Gasteiger partial charge in [0.15, 0.2) is 0 Å². The molecule has 7 heteroatoms. The van der Waals surface area contributed by atoms with Gasteiger partial charge in [-0.3, -0.25) is 0 Å². The van der Waals surface area contributed by atoms with E-state index in [2.05, 4.69) is 42.9 Å². The Balaban J connectivity index is 1.48. The van der Waals surface area contributed by atoms with Crippen LogP contribution in [0.2, 0.25) is 0 Å². The average Bonchev–Trinajstić information content (AvgIpc) is 3.34. The van der Waals surface area contributed by atoms with Gasteiger partial charge in [0.05, 0.1) is 6.04 Å². The van der Waals surface area contributed by atoms with Crippen LogP contribution in [-0.2, 0) is 6.54 Å². The van der Waals surface area contributed by atoms with Crippen LogP contribution in [0.5, 0.6) is 0 Å². The van der Waals surface area contributed by atoms with Crippen molar-refractivity contribution in [2.45, 2.75) is 25.4 Å². The first-order valence-corrected chi connectivity index (χ1v) is 9.93. The van der Waals surface area contributed by atoms with Crippen LogP contribution in [0.25, 0.3) is 0 Å². The molecule has 0 spiro atoms. The highest BCUT2D eigenvalue weighted by Gasteiger charge is 2.16. The van der Waals surface area contributed by atoms with E-state index in [1.807, 2.05) is 32.4 Å². The zero-order chi connectivity index (χ0) is 18.4. The van der Waals surface area contributed by atoms with Crippen LogP contribution in [0.15, 0.2) is 35.8 Å². The molecular weight excluding hydrogens is 346 g/mol. The van der Waals surface area contributed by atoms with Crippen LogP contribution in [0.1, 0.15) is 29.3 Å². The fourth-order valence-corrected chi connectivity index (χ4v) is 4.07. The maximum absolute atomic E-state index is 12.2. The summed E-state index contributed by atoms with van der Waals surface area (Å²) in [5.41, 5.74) is 1.07. The Morgan fingerprint density at radius 3 is 2.81 bits per heavy atom.